The summed E-state index contributed by atoms with van der Waals surface area (Å²) in [6, 6.07) is 24.5. The average Bonchev–Trinajstić information content (AvgIpc) is 3.31. The van der Waals surface area contributed by atoms with E-state index in [1.165, 1.54) is 35.8 Å². The number of hydrogen-bond donors (Lipinski definition) is 2. The minimum absolute atomic E-state index is 0. The fraction of sp³-hybridized carbons (Fsp3) is 0.375. The maximum atomic E-state index is 12.8. The van der Waals surface area contributed by atoms with Crippen LogP contribution in [-0.4, -0.2) is 127 Å². The number of piperazine rings is 2. The van der Waals surface area contributed by atoms with Gasteiger partial charge in [-0.1, -0.05) is 91.9 Å². The van der Waals surface area contributed by atoms with Crippen LogP contribution in [0, 0.1) is 43.1 Å². The summed E-state index contributed by atoms with van der Waals surface area (Å²) in [4.78, 5) is 24.7. The average molecular weight is 1320 g/mol. The number of quaternary nitrogens is 2. The van der Waals surface area contributed by atoms with Crippen molar-refractivity contribution in [2.45, 2.75) is 26.9 Å². The molecule has 2 N–H and O–H groups in total. The van der Waals surface area contributed by atoms with E-state index in [4.69, 9.17) is 47.8 Å². The molecule has 2 radical (unpaired) electrons. The number of benzene rings is 4. The van der Waals surface area contributed by atoms with Crippen molar-refractivity contribution in [3.05, 3.63) is 115 Å². The second-order valence-electron chi connectivity index (χ2n) is 15.8. The fourth-order valence-corrected chi connectivity index (χ4v) is 7.67. The first-order valence-corrected chi connectivity index (χ1v) is 26.3. The molecule has 6 rings (SSSR count). The van der Waals surface area contributed by atoms with E-state index >= 15 is 0 Å². The van der Waals surface area contributed by atoms with Crippen LogP contribution in [0.25, 0.3) is 0 Å². The molecule has 2 saturated heterocycles. The van der Waals surface area contributed by atoms with Crippen LogP contribution in [-0.2, 0) is 47.2 Å². The number of likely N-dealkylation sites (N-methyl/N-ethyl adjacent to an activating group) is 2. The van der Waals surface area contributed by atoms with Crippen molar-refractivity contribution in [1.82, 2.24) is 9.80 Å². The van der Waals surface area contributed by atoms with E-state index in [0.29, 0.717) is 48.4 Å². The topological polar surface area (TPSA) is 389 Å². The second-order valence-corrected chi connectivity index (χ2v) is 19.2. The van der Waals surface area contributed by atoms with Gasteiger partial charge in [-0.15, -0.1) is 32.0 Å². The largest absolute Gasteiger partial charge is 2.00 e. The molecule has 0 aliphatic carbocycles. The number of rotatable bonds is 14. The molecule has 422 valence electrons. The van der Waals surface area contributed by atoms with Crippen LogP contribution < -0.4 is 67.5 Å². The Hall–Kier alpha value is -4.16. The van der Waals surface area contributed by atoms with Crippen LogP contribution in [0.15, 0.2) is 102 Å². The second kappa shape index (κ2) is 41.0. The molecule has 76 heavy (non-hydrogen) atoms. The number of halogens is 4. The monoisotopic (exact) mass is 1320 g/mol. The molecule has 0 bridgehead atoms. The van der Waals surface area contributed by atoms with Crippen LogP contribution in [0.3, 0.4) is 0 Å². The summed E-state index contributed by atoms with van der Waals surface area (Å²) in [5.41, 5.74) is 3.98. The number of hydrogen-bond acceptors (Lipinski definition) is 20. The Labute approximate surface area is 485 Å². The van der Waals surface area contributed by atoms with E-state index in [9.17, 15) is 20.4 Å². The molecule has 0 amide bonds. The maximum absolute atomic E-state index is 12.8. The molecule has 2 fully saturated rings. The Morgan fingerprint density at radius 2 is 0.763 bits per heavy atom. The smallest absolute Gasteiger partial charge is 0.872 e. The minimum Gasteiger partial charge on any atom is -0.872 e. The Kier molecular flexibility index (Phi) is 39.8. The fourth-order valence-electron chi connectivity index (χ4n) is 6.62. The Bertz CT molecular complexity index is 2300. The van der Waals surface area contributed by atoms with Gasteiger partial charge in [-0.3, -0.25) is 29.8 Å². The molecular formula is C48H58Br2Cl2Cu2N10O12. The number of nitrogens with one attached hydrogen (secondary N) is 2. The van der Waals surface area contributed by atoms with E-state index in [1.54, 1.807) is 61.3 Å². The van der Waals surface area contributed by atoms with Gasteiger partial charge in [0.15, 0.2) is 0 Å². The van der Waals surface area contributed by atoms with Gasteiger partial charge in [0.1, 0.15) is 13.1 Å². The zero-order valence-corrected chi connectivity index (χ0v) is 48.3. The number of nitriles is 2. The van der Waals surface area contributed by atoms with Gasteiger partial charge in [-0.05, 0) is 60.6 Å². The van der Waals surface area contributed by atoms with Crippen molar-refractivity contribution in [3.63, 3.8) is 0 Å². The van der Waals surface area contributed by atoms with Crippen LogP contribution in [0.4, 0.5) is 0 Å². The van der Waals surface area contributed by atoms with Crippen molar-refractivity contribution >= 4 is 56.7 Å². The summed E-state index contributed by atoms with van der Waals surface area (Å²) in [5, 5.41) is 63.5. The molecule has 2 heterocycles. The van der Waals surface area contributed by atoms with E-state index in [-0.39, 0.29) is 57.1 Å². The normalized spacial score (nSPS) is 14.2. The van der Waals surface area contributed by atoms with E-state index in [2.05, 4.69) is 75.7 Å². The van der Waals surface area contributed by atoms with E-state index in [1.807, 2.05) is 36.4 Å². The maximum Gasteiger partial charge on any atom is 2.00 e. The molecule has 2 aliphatic heterocycles. The summed E-state index contributed by atoms with van der Waals surface area (Å²) in [5.74, 6) is 0.0131. The Balaban J connectivity index is 0. The first-order valence-electron chi connectivity index (χ1n) is 22.3. The SMILES string of the molecule is CC#N.CC#N.CN1CC[NH+](Cc2cc(Br)cc(C=NCCN=Cc3ccccc3[O-])c2[O-])CC1.CN1CC[NH+](Cc2cc(Br)cc(C=NCCN=Cc3ccccc3[O-])c2[O-])CC1.[Cu+2].[Cu+2].[O-][Cl+3]([O-])([O-])[O-].[O-][Cl+3]([O-])([O-])[O-]. The number of para-hydroxylation sites is 2. The van der Waals surface area contributed by atoms with Crippen LogP contribution in [0.2, 0.25) is 0 Å². The molecule has 2 aliphatic rings. The van der Waals surface area contributed by atoms with Crippen LogP contribution in [0.5, 0.6) is 23.0 Å². The van der Waals surface area contributed by atoms with Crippen molar-refractivity contribution in [2.24, 2.45) is 20.0 Å². The van der Waals surface area contributed by atoms with E-state index in [0.717, 1.165) is 85.5 Å². The quantitative estimate of drug-likeness (QED) is 0.0673. The van der Waals surface area contributed by atoms with Crippen molar-refractivity contribution in [2.75, 3.05) is 92.6 Å². The third kappa shape index (κ3) is 36.0. The minimum atomic E-state index is -4.94. The standard InChI is InChI=1S/2C22H27BrN4O2.2C2H3N.2ClHO4.2Cu/c2*1-26-8-10-27(11-9-26)16-19-13-20(23)12-18(22(19)29)15-25-7-6-24-14-17-4-2-3-5-21(17)28;2*1-2-3;2*2-1(3,4)5;;/h2*2-5,12-15,28-29H,6-11,16H2,1H3;2*1H3;2*(H,2,3,4,5);;/q;;;;;;2*+2/p-4. The van der Waals surface area contributed by atoms with Crippen molar-refractivity contribution < 1.29 is 122 Å². The van der Waals surface area contributed by atoms with Crippen molar-refractivity contribution in [1.29, 1.82) is 10.5 Å². The van der Waals surface area contributed by atoms with Gasteiger partial charge in [0.25, 0.3) is 0 Å². The molecule has 4 aromatic rings. The predicted octanol–water partition coefficient (Wildman–Crippen LogP) is -7.53. The van der Waals surface area contributed by atoms with Gasteiger partial charge in [-0.25, -0.2) is 37.3 Å². The molecule has 0 atom stereocenters. The van der Waals surface area contributed by atoms with Gasteiger partial charge >= 0.3 is 34.1 Å². The third-order valence-corrected chi connectivity index (χ3v) is 11.0. The first kappa shape index (κ1) is 73.9. The Morgan fingerprint density at radius 1 is 0.513 bits per heavy atom. The molecule has 0 unspecified atom stereocenters. The summed E-state index contributed by atoms with van der Waals surface area (Å²) < 4.78 is 69.7. The number of aliphatic imine (C=N–C) groups is 4. The molecule has 0 spiro atoms. The van der Waals surface area contributed by atoms with Gasteiger partial charge in [0, 0.05) is 85.0 Å². The first-order chi connectivity index (χ1) is 34.9. The van der Waals surface area contributed by atoms with Gasteiger partial charge in [0.05, 0.1) is 64.5 Å². The van der Waals surface area contributed by atoms with E-state index < -0.39 is 20.5 Å². The van der Waals surface area contributed by atoms with Crippen LogP contribution >= 0.6 is 31.9 Å². The predicted molar refractivity (Wildman–Crippen MR) is 255 cm³/mol. The molecule has 0 saturated carbocycles. The molecule has 0 aromatic heterocycles. The molecule has 4 aromatic carbocycles. The Morgan fingerprint density at radius 3 is 1.03 bits per heavy atom. The van der Waals surface area contributed by atoms with Gasteiger partial charge in [-0.2, -0.15) is 10.5 Å². The molecule has 28 heteroatoms. The molecule has 22 nitrogen and oxygen atoms in total. The summed E-state index contributed by atoms with van der Waals surface area (Å²) in [6.07, 6.45) is 6.42. The van der Waals surface area contributed by atoms with Crippen LogP contribution in [0.1, 0.15) is 47.2 Å². The summed E-state index contributed by atoms with van der Waals surface area (Å²) in [6.45, 7) is 14.6. The van der Waals surface area contributed by atoms with Gasteiger partial charge in [0.2, 0.25) is 0 Å². The number of nitrogens with zero attached hydrogens (tertiary/aromatic N) is 8. The van der Waals surface area contributed by atoms with Gasteiger partial charge < -0.3 is 30.2 Å². The summed E-state index contributed by atoms with van der Waals surface area (Å²) >= 11 is 7.03. The third-order valence-electron chi connectivity index (χ3n) is 10.1. The molecular weight excluding hydrogens is 1270 g/mol. The summed E-state index contributed by atoms with van der Waals surface area (Å²) in [7, 11) is -5.63. The zero-order chi connectivity index (χ0) is 55.7. The zero-order valence-electron chi connectivity index (χ0n) is 41.7. The van der Waals surface area contributed by atoms with Crippen molar-refractivity contribution in [3.8, 4) is 35.1 Å².